The summed E-state index contributed by atoms with van der Waals surface area (Å²) in [6.07, 6.45) is 1.21. The Morgan fingerprint density at radius 2 is 1.96 bits per heavy atom. The van der Waals surface area contributed by atoms with Crippen LogP contribution in [-0.4, -0.2) is 79.3 Å². The van der Waals surface area contributed by atoms with E-state index in [0.717, 1.165) is 5.69 Å². The first kappa shape index (κ1) is 18.9. The van der Waals surface area contributed by atoms with Crippen LogP contribution < -0.4 is 5.32 Å². The summed E-state index contributed by atoms with van der Waals surface area (Å²) in [5.41, 5.74) is 2.04. The van der Waals surface area contributed by atoms with Gasteiger partial charge in [-0.2, -0.15) is 9.40 Å². The lowest BCUT2D eigenvalue weighted by molar-refractivity contribution is 0.0926. The van der Waals surface area contributed by atoms with Crippen LogP contribution in [0.2, 0.25) is 0 Å². The Balaban J connectivity index is 2.20. The number of carbonyl (C=O) groups excluding carboxylic acids is 1. The summed E-state index contributed by atoms with van der Waals surface area (Å²) in [7, 11) is 2.41. The Morgan fingerprint density at radius 3 is 2.42 bits per heavy atom. The Labute approximate surface area is 143 Å². The van der Waals surface area contributed by atoms with Gasteiger partial charge in [0.05, 0.1) is 17.5 Å². The zero-order valence-corrected chi connectivity index (χ0v) is 16.0. The molecular weight excluding hydrogens is 330 g/mol. The second-order valence-electron chi connectivity index (χ2n) is 6.85. The molecule has 8 nitrogen and oxygen atoms in total. The van der Waals surface area contributed by atoms with Gasteiger partial charge in [-0.25, -0.2) is 8.42 Å². The number of aryl methyl sites for hydroxylation is 2. The summed E-state index contributed by atoms with van der Waals surface area (Å²) in [5, 5.41) is 7.29. The maximum atomic E-state index is 12.7. The second kappa shape index (κ2) is 6.81. The summed E-state index contributed by atoms with van der Waals surface area (Å²) >= 11 is 0. The third kappa shape index (κ3) is 3.96. The fourth-order valence-corrected chi connectivity index (χ4v) is 4.16. The van der Waals surface area contributed by atoms with Crippen molar-refractivity contribution < 1.29 is 13.2 Å². The van der Waals surface area contributed by atoms with Crippen LogP contribution in [0.5, 0.6) is 0 Å². The molecule has 0 saturated carbocycles. The lowest BCUT2D eigenvalue weighted by atomic mass is 10.0. The van der Waals surface area contributed by atoms with Crippen molar-refractivity contribution in [2.24, 2.45) is 13.0 Å². The first-order valence-corrected chi connectivity index (χ1v) is 9.76. The number of sulfonamides is 1. The van der Waals surface area contributed by atoms with Crippen molar-refractivity contribution >= 4 is 15.9 Å². The van der Waals surface area contributed by atoms with E-state index >= 15 is 0 Å². The molecule has 1 amide bonds. The van der Waals surface area contributed by atoms with Crippen LogP contribution in [-0.2, 0) is 17.1 Å². The van der Waals surface area contributed by atoms with Gasteiger partial charge in [0.25, 0.3) is 5.91 Å². The molecule has 1 fully saturated rings. The lowest BCUT2D eigenvalue weighted by Gasteiger charge is -2.22. The van der Waals surface area contributed by atoms with Crippen molar-refractivity contribution in [3.05, 3.63) is 17.0 Å². The molecule has 0 bridgehead atoms. The van der Waals surface area contributed by atoms with E-state index in [4.69, 9.17) is 0 Å². The van der Waals surface area contributed by atoms with Gasteiger partial charge in [-0.1, -0.05) is 0 Å². The van der Waals surface area contributed by atoms with Crippen molar-refractivity contribution in [3.8, 4) is 0 Å². The van der Waals surface area contributed by atoms with Crippen LogP contribution in [0.1, 0.15) is 21.7 Å². The number of amides is 1. The van der Waals surface area contributed by atoms with Crippen molar-refractivity contribution in [2.75, 3.05) is 40.0 Å². The Kier molecular flexibility index (Phi) is 5.36. The highest BCUT2D eigenvalue weighted by molar-refractivity contribution is 7.88. The number of hydrogen-bond acceptors (Lipinski definition) is 5. The van der Waals surface area contributed by atoms with Crippen molar-refractivity contribution in [3.63, 3.8) is 0 Å². The molecule has 136 valence electrons. The average molecular weight is 357 g/mol. The van der Waals surface area contributed by atoms with E-state index in [1.54, 1.807) is 18.7 Å². The van der Waals surface area contributed by atoms with Gasteiger partial charge < -0.3 is 10.2 Å². The molecule has 24 heavy (non-hydrogen) atoms. The predicted octanol–water partition coefficient (Wildman–Crippen LogP) is -0.412. The van der Waals surface area contributed by atoms with Crippen LogP contribution in [0.25, 0.3) is 0 Å². The van der Waals surface area contributed by atoms with Gasteiger partial charge in [-0.3, -0.25) is 9.48 Å². The minimum Gasteiger partial charge on any atom is -0.347 e. The van der Waals surface area contributed by atoms with E-state index in [0.29, 0.717) is 30.9 Å². The molecule has 2 atom stereocenters. The van der Waals surface area contributed by atoms with Crippen LogP contribution in [0, 0.1) is 19.8 Å². The summed E-state index contributed by atoms with van der Waals surface area (Å²) < 4.78 is 26.8. The highest BCUT2D eigenvalue weighted by Gasteiger charge is 2.38. The quantitative estimate of drug-likeness (QED) is 0.774. The number of nitrogens with zero attached hydrogens (tertiary/aromatic N) is 4. The van der Waals surface area contributed by atoms with Crippen molar-refractivity contribution in [2.45, 2.75) is 19.9 Å². The van der Waals surface area contributed by atoms with Gasteiger partial charge in [0.15, 0.2) is 0 Å². The maximum Gasteiger partial charge on any atom is 0.255 e. The van der Waals surface area contributed by atoms with Gasteiger partial charge in [0.1, 0.15) is 0 Å². The minimum atomic E-state index is -3.27. The fourth-order valence-electron chi connectivity index (χ4n) is 3.26. The Hall–Kier alpha value is -1.45. The number of hydrogen-bond donors (Lipinski definition) is 1. The van der Waals surface area contributed by atoms with Crippen LogP contribution in [0.3, 0.4) is 0 Å². The van der Waals surface area contributed by atoms with Gasteiger partial charge in [-0.05, 0) is 27.9 Å². The maximum absolute atomic E-state index is 12.7. The molecule has 0 aliphatic carbocycles. The van der Waals surface area contributed by atoms with E-state index in [1.807, 2.05) is 25.9 Å². The molecule has 0 radical (unpaired) electrons. The standard InChI is InChI=1S/C15H27N5O3S/c1-10-14(11(2)19(5)17-10)15(21)16-13-9-20(24(6,22)23)8-12(13)7-18(3)4/h12-13H,7-9H2,1-6H3,(H,16,21)/t12-,13-/m1/s1. The normalized spacial score (nSPS) is 22.3. The third-order valence-corrected chi connectivity index (χ3v) is 5.76. The van der Waals surface area contributed by atoms with Gasteiger partial charge in [0, 0.05) is 44.3 Å². The van der Waals surface area contributed by atoms with E-state index in [-0.39, 0.29) is 17.9 Å². The molecule has 1 N–H and O–H groups in total. The molecule has 0 unspecified atom stereocenters. The highest BCUT2D eigenvalue weighted by Crippen LogP contribution is 2.21. The van der Waals surface area contributed by atoms with E-state index in [1.165, 1.54) is 10.6 Å². The summed E-state index contributed by atoms with van der Waals surface area (Å²) in [6, 6.07) is -0.214. The molecule has 9 heteroatoms. The predicted molar refractivity (Wildman–Crippen MR) is 92.4 cm³/mol. The summed E-state index contributed by atoms with van der Waals surface area (Å²) in [4.78, 5) is 14.7. The topological polar surface area (TPSA) is 87.5 Å². The lowest BCUT2D eigenvalue weighted by Crippen LogP contribution is -2.43. The van der Waals surface area contributed by atoms with Gasteiger partial charge in [-0.15, -0.1) is 0 Å². The minimum absolute atomic E-state index is 0.0518. The third-order valence-electron chi connectivity index (χ3n) is 4.53. The van der Waals surface area contributed by atoms with E-state index < -0.39 is 10.0 Å². The molecular formula is C15H27N5O3S. The van der Waals surface area contributed by atoms with E-state index in [2.05, 4.69) is 10.4 Å². The first-order chi connectivity index (χ1) is 11.0. The molecule has 2 rings (SSSR count). The largest absolute Gasteiger partial charge is 0.347 e. The SMILES string of the molecule is Cc1nn(C)c(C)c1C(=O)N[C@@H]1CN(S(C)(=O)=O)C[C@H]1CN(C)C. The zero-order valence-electron chi connectivity index (χ0n) is 15.2. The number of nitrogens with one attached hydrogen (secondary N) is 1. The van der Waals surface area contributed by atoms with Crippen LogP contribution in [0.4, 0.5) is 0 Å². The second-order valence-corrected chi connectivity index (χ2v) is 8.83. The Morgan fingerprint density at radius 1 is 1.33 bits per heavy atom. The molecule has 2 heterocycles. The van der Waals surface area contributed by atoms with Crippen molar-refractivity contribution in [1.82, 2.24) is 24.3 Å². The molecule has 1 aromatic rings. The molecule has 1 aliphatic heterocycles. The first-order valence-electron chi connectivity index (χ1n) is 7.91. The molecule has 1 saturated heterocycles. The molecule has 1 aliphatic rings. The van der Waals surface area contributed by atoms with Crippen LogP contribution in [0.15, 0.2) is 0 Å². The highest BCUT2D eigenvalue weighted by atomic mass is 32.2. The zero-order chi connectivity index (χ0) is 18.2. The van der Waals surface area contributed by atoms with Crippen LogP contribution >= 0.6 is 0 Å². The smallest absolute Gasteiger partial charge is 0.255 e. The summed E-state index contributed by atoms with van der Waals surface area (Å²) in [5.74, 6) is -0.141. The fraction of sp³-hybridized carbons (Fsp3) is 0.733. The number of rotatable bonds is 5. The summed E-state index contributed by atoms with van der Waals surface area (Å²) in [6.45, 7) is 5.09. The molecule has 0 spiro atoms. The number of carbonyl (C=O) groups is 1. The van der Waals surface area contributed by atoms with E-state index in [9.17, 15) is 13.2 Å². The average Bonchev–Trinajstić information content (AvgIpc) is 2.91. The monoisotopic (exact) mass is 357 g/mol. The van der Waals surface area contributed by atoms with Gasteiger partial charge in [0.2, 0.25) is 10.0 Å². The van der Waals surface area contributed by atoms with Crippen molar-refractivity contribution in [1.29, 1.82) is 0 Å². The number of aromatic nitrogens is 2. The Bertz CT molecular complexity index is 726. The molecule has 0 aromatic carbocycles. The van der Waals surface area contributed by atoms with Gasteiger partial charge >= 0.3 is 0 Å². The molecule has 1 aromatic heterocycles.